The lowest BCUT2D eigenvalue weighted by Gasteiger charge is -2.16. The van der Waals surface area contributed by atoms with Crippen LogP contribution in [0.3, 0.4) is 0 Å². The Morgan fingerprint density at radius 2 is 2.11 bits per heavy atom. The molecular formula is C10H11FN4O4. The summed E-state index contributed by atoms with van der Waals surface area (Å²) in [6, 6.07) is 0. The van der Waals surface area contributed by atoms with Crippen molar-refractivity contribution >= 4 is 11.2 Å². The fourth-order valence-corrected chi connectivity index (χ4v) is 2.10. The number of fused-ring (bicyclic) bond motifs is 1. The first-order valence-electron chi connectivity index (χ1n) is 5.59. The third-order valence-electron chi connectivity index (χ3n) is 3.08. The summed E-state index contributed by atoms with van der Waals surface area (Å²) < 4.78 is 19.7. The Kier molecular flexibility index (Phi) is 2.90. The third-order valence-corrected chi connectivity index (χ3v) is 3.08. The molecular weight excluding hydrogens is 259 g/mol. The topological polar surface area (TPSA) is 114 Å². The van der Waals surface area contributed by atoms with E-state index in [-0.39, 0.29) is 5.65 Å². The van der Waals surface area contributed by atoms with Crippen LogP contribution in [-0.4, -0.2) is 59.8 Å². The molecule has 8 nitrogen and oxygen atoms in total. The van der Waals surface area contributed by atoms with Crippen molar-refractivity contribution in [3.8, 4) is 0 Å². The van der Waals surface area contributed by atoms with E-state index in [2.05, 4.69) is 15.0 Å². The van der Waals surface area contributed by atoms with Gasteiger partial charge in [-0.3, -0.25) is 4.57 Å². The van der Waals surface area contributed by atoms with Gasteiger partial charge in [-0.25, -0.2) is 9.97 Å². The number of aliphatic hydroxyl groups is 3. The van der Waals surface area contributed by atoms with Gasteiger partial charge in [-0.15, -0.1) is 0 Å². The van der Waals surface area contributed by atoms with Crippen LogP contribution in [0.15, 0.2) is 12.5 Å². The van der Waals surface area contributed by atoms with E-state index < -0.39 is 37.2 Å². The summed E-state index contributed by atoms with van der Waals surface area (Å²) in [6.45, 7) is -0.440. The molecule has 1 saturated heterocycles. The van der Waals surface area contributed by atoms with Gasteiger partial charge < -0.3 is 20.1 Å². The van der Waals surface area contributed by atoms with Crippen LogP contribution in [0.5, 0.6) is 0 Å². The minimum atomic E-state index is -1.27. The van der Waals surface area contributed by atoms with E-state index >= 15 is 0 Å². The second-order valence-corrected chi connectivity index (χ2v) is 4.23. The molecule has 2 aromatic heterocycles. The van der Waals surface area contributed by atoms with Crippen LogP contribution >= 0.6 is 0 Å². The van der Waals surface area contributed by atoms with E-state index in [1.807, 2.05) is 0 Å². The molecule has 0 bridgehead atoms. The number of hydrogen-bond acceptors (Lipinski definition) is 7. The van der Waals surface area contributed by atoms with Gasteiger partial charge >= 0.3 is 6.08 Å². The molecule has 0 saturated carbocycles. The normalized spacial score (nSPS) is 31.2. The first-order valence-corrected chi connectivity index (χ1v) is 5.59. The van der Waals surface area contributed by atoms with Crippen LogP contribution in [-0.2, 0) is 4.74 Å². The van der Waals surface area contributed by atoms with Crippen molar-refractivity contribution in [2.24, 2.45) is 0 Å². The number of halogens is 1. The third kappa shape index (κ3) is 1.87. The summed E-state index contributed by atoms with van der Waals surface area (Å²) in [5.41, 5.74) is 0.474. The minimum Gasteiger partial charge on any atom is -0.394 e. The van der Waals surface area contributed by atoms with Crippen LogP contribution < -0.4 is 0 Å². The summed E-state index contributed by atoms with van der Waals surface area (Å²) in [4.78, 5) is 10.9. The number of aromatic nitrogens is 4. The Hall–Kier alpha value is -1.68. The second kappa shape index (κ2) is 4.46. The number of hydrogen-bond donors (Lipinski definition) is 3. The maximum atomic E-state index is 13.0. The lowest BCUT2D eigenvalue weighted by molar-refractivity contribution is -0.0511. The lowest BCUT2D eigenvalue weighted by atomic mass is 10.1. The fraction of sp³-hybridized carbons (Fsp3) is 0.500. The van der Waals surface area contributed by atoms with Gasteiger partial charge in [0.2, 0.25) is 0 Å². The summed E-state index contributed by atoms with van der Waals surface area (Å²) in [5, 5.41) is 28.6. The van der Waals surface area contributed by atoms with E-state index in [0.29, 0.717) is 5.52 Å². The van der Waals surface area contributed by atoms with Crippen LogP contribution in [0.1, 0.15) is 6.23 Å². The van der Waals surface area contributed by atoms with E-state index in [1.165, 1.54) is 17.1 Å². The molecule has 3 heterocycles. The van der Waals surface area contributed by atoms with Crippen molar-refractivity contribution in [2.75, 3.05) is 6.61 Å². The number of aliphatic hydroxyl groups excluding tert-OH is 3. The Morgan fingerprint density at radius 3 is 2.79 bits per heavy atom. The van der Waals surface area contributed by atoms with E-state index in [1.54, 1.807) is 0 Å². The average molecular weight is 270 g/mol. The van der Waals surface area contributed by atoms with Gasteiger partial charge in [0.1, 0.15) is 23.8 Å². The second-order valence-electron chi connectivity index (χ2n) is 4.23. The number of imidazole rings is 1. The van der Waals surface area contributed by atoms with Crippen molar-refractivity contribution in [2.45, 2.75) is 24.5 Å². The maximum Gasteiger partial charge on any atom is 0.310 e. The lowest BCUT2D eigenvalue weighted by Crippen LogP contribution is -2.33. The predicted octanol–water partition coefficient (Wildman–Crippen LogP) is -1.42. The van der Waals surface area contributed by atoms with Crippen LogP contribution in [0, 0.1) is 6.08 Å². The molecule has 1 aliphatic rings. The molecule has 1 aliphatic heterocycles. The van der Waals surface area contributed by atoms with E-state index in [0.717, 1.165) is 0 Å². The summed E-state index contributed by atoms with van der Waals surface area (Å²) in [6.07, 6.45) is -2.84. The minimum absolute atomic E-state index is 0.141. The highest BCUT2D eigenvalue weighted by Crippen LogP contribution is 2.30. The monoisotopic (exact) mass is 270 g/mol. The highest BCUT2D eigenvalue weighted by molar-refractivity contribution is 5.69. The van der Waals surface area contributed by atoms with Crippen LogP contribution in [0.2, 0.25) is 0 Å². The van der Waals surface area contributed by atoms with Crippen molar-refractivity contribution in [3.05, 3.63) is 18.6 Å². The van der Waals surface area contributed by atoms with Gasteiger partial charge in [0.25, 0.3) is 0 Å². The Morgan fingerprint density at radius 1 is 1.32 bits per heavy atom. The molecule has 1 fully saturated rings. The van der Waals surface area contributed by atoms with Gasteiger partial charge in [0.15, 0.2) is 11.9 Å². The molecule has 3 N–H and O–H groups in total. The first kappa shape index (κ1) is 12.4. The SMILES string of the molecule is OC[C@H]1O[C@@H](n2cnc3cnc(F)nc32)[C@@H](O)[C@@H]1O. The Labute approximate surface area is 106 Å². The molecule has 3 rings (SSSR count). The zero-order valence-corrected chi connectivity index (χ0v) is 9.59. The highest BCUT2D eigenvalue weighted by Gasteiger charge is 2.43. The largest absolute Gasteiger partial charge is 0.394 e. The number of rotatable bonds is 2. The molecule has 102 valence electrons. The van der Waals surface area contributed by atoms with Gasteiger partial charge in [-0.05, 0) is 0 Å². The first-order chi connectivity index (χ1) is 9.11. The smallest absolute Gasteiger partial charge is 0.310 e. The van der Waals surface area contributed by atoms with Crippen molar-refractivity contribution in [3.63, 3.8) is 0 Å². The molecule has 9 heteroatoms. The van der Waals surface area contributed by atoms with Crippen molar-refractivity contribution in [1.82, 2.24) is 19.5 Å². The fourth-order valence-electron chi connectivity index (χ4n) is 2.10. The van der Waals surface area contributed by atoms with Gasteiger partial charge in [0, 0.05) is 0 Å². The molecule has 0 unspecified atom stereocenters. The number of ether oxygens (including phenoxy) is 1. The van der Waals surface area contributed by atoms with E-state index in [4.69, 9.17) is 9.84 Å². The molecule has 0 spiro atoms. The molecule has 0 amide bonds. The standard InChI is InChI=1S/C10H11FN4O4/c11-10-12-1-4-8(14-10)15(3-13-4)9-7(18)6(17)5(2-16)19-9/h1,3,5-7,9,16-18H,2H2/t5-,6-,7+,9-/m1/s1. The number of nitrogens with zero attached hydrogens (tertiary/aromatic N) is 4. The van der Waals surface area contributed by atoms with Crippen molar-refractivity contribution in [1.29, 1.82) is 0 Å². The van der Waals surface area contributed by atoms with Gasteiger partial charge in [-0.1, -0.05) is 0 Å². The van der Waals surface area contributed by atoms with E-state index in [9.17, 15) is 14.6 Å². The Balaban J connectivity index is 2.03. The molecule has 4 atom stereocenters. The summed E-state index contributed by atoms with van der Waals surface area (Å²) in [5.74, 6) is 0. The zero-order chi connectivity index (χ0) is 13.6. The molecule has 19 heavy (non-hydrogen) atoms. The zero-order valence-electron chi connectivity index (χ0n) is 9.59. The van der Waals surface area contributed by atoms with Crippen molar-refractivity contribution < 1.29 is 24.4 Å². The van der Waals surface area contributed by atoms with Gasteiger partial charge in [0.05, 0.1) is 19.1 Å². The van der Waals surface area contributed by atoms with Crippen LogP contribution in [0.4, 0.5) is 4.39 Å². The Bertz CT molecular complexity index is 606. The molecule has 0 aromatic carbocycles. The summed E-state index contributed by atoms with van der Waals surface area (Å²) in [7, 11) is 0. The molecule has 2 aromatic rings. The van der Waals surface area contributed by atoms with Gasteiger partial charge in [-0.2, -0.15) is 9.37 Å². The molecule has 0 aliphatic carbocycles. The highest BCUT2D eigenvalue weighted by atomic mass is 19.1. The van der Waals surface area contributed by atoms with Crippen LogP contribution in [0.25, 0.3) is 11.2 Å². The molecule has 0 radical (unpaired) electrons. The summed E-state index contributed by atoms with van der Waals surface area (Å²) >= 11 is 0. The average Bonchev–Trinajstić information content (AvgIpc) is 2.92. The quantitative estimate of drug-likeness (QED) is 0.574. The predicted molar refractivity (Wildman–Crippen MR) is 58.3 cm³/mol. The maximum absolute atomic E-state index is 13.0.